The first-order valence-corrected chi connectivity index (χ1v) is 9.25. The van der Waals surface area contributed by atoms with E-state index in [1.165, 1.54) is 24.8 Å². The van der Waals surface area contributed by atoms with Gasteiger partial charge >= 0.3 is 0 Å². The average molecular weight is 330 g/mol. The highest BCUT2D eigenvalue weighted by molar-refractivity contribution is 5.87. The van der Waals surface area contributed by atoms with Gasteiger partial charge in [-0.15, -0.1) is 0 Å². The fraction of sp³-hybridized carbons (Fsp3) is 0.600. The van der Waals surface area contributed by atoms with E-state index in [0.29, 0.717) is 13.0 Å². The summed E-state index contributed by atoms with van der Waals surface area (Å²) in [5.74, 6) is 0.0222. The molecular formula is C20H30N2O2. The molecule has 0 unspecified atom stereocenters. The van der Waals surface area contributed by atoms with Crippen molar-refractivity contribution < 1.29 is 9.59 Å². The molecule has 1 atom stereocenters. The molecule has 132 valence electrons. The van der Waals surface area contributed by atoms with E-state index >= 15 is 0 Å². The lowest BCUT2D eigenvalue weighted by atomic mass is 9.95. The van der Waals surface area contributed by atoms with Gasteiger partial charge in [-0.25, -0.2) is 0 Å². The van der Waals surface area contributed by atoms with Crippen molar-refractivity contribution in [2.45, 2.75) is 70.9 Å². The van der Waals surface area contributed by atoms with Crippen LogP contribution in [0.3, 0.4) is 0 Å². The van der Waals surface area contributed by atoms with Gasteiger partial charge in [-0.05, 0) is 31.7 Å². The van der Waals surface area contributed by atoms with E-state index < -0.39 is 6.04 Å². The van der Waals surface area contributed by atoms with Gasteiger partial charge in [0.05, 0.1) is 0 Å². The van der Waals surface area contributed by atoms with E-state index in [9.17, 15) is 9.59 Å². The molecule has 0 bridgehead atoms. The molecule has 1 aromatic carbocycles. The SMILES string of the molecule is CCC(=O)N(CCc1ccccc1)[C@@H](C)C(=O)NC1CCCCC1. The van der Waals surface area contributed by atoms with Gasteiger partial charge < -0.3 is 10.2 Å². The quantitative estimate of drug-likeness (QED) is 0.834. The molecular weight excluding hydrogens is 300 g/mol. The number of benzene rings is 1. The molecule has 0 aromatic heterocycles. The van der Waals surface area contributed by atoms with Gasteiger partial charge in [0.1, 0.15) is 6.04 Å². The minimum atomic E-state index is -0.414. The molecule has 0 saturated heterocycles. The first-order valence-electron chi connectivity index (χ1n) is 9.25. The van der Waals surface area contributed by atoms with Crippen LogP contribution in [0.25, 0.3) is 0 Å². The Hall–Kier alpha value is -1.84. The molecule has 0 radical (unpaired) electrons. The van der Waals surface area contributed by atoms with Crippen LogP contribution in [0.1, 0.15) is 57.9 Å². The molecule has 2 rings (SSSR count). The van der Waals surface area contributed by atoms with Crippen molar-refractivity contribution in [1.29, 1.82) is 0 Å². The minimum absolute atomic E-state index is 0.0169. The second-order valence-corrected chi connectivity index (χ2v) is 6.70. The van der Waals surface area contributed by atoms with Crippen LogP contribution in [0.5, 0.6) is 0 Å². The number of hydrogen-bond acceptors (Lipinski definition) is 2. The summed E-state index contributed by atoms with van der Waals surface area (Å²) in [7, 11) is 0. The van der Waals surface area contributed by atoms with Gasteiger partial charge in [0, 0.05) is 19.0 Å². The van der Waals surface area contributed by atoms with Crippen LogP contribution in [-0.2, 0) is 16.0 Å². The topological polar surface area (TPSA) is 49.4 Å². The van der Waals surface area contributed by atoms with E-state index in [1.807, 2.05) is 32.0 Å². The van der Waals surface area contributed by atoms with E-state index in [4.69, 9.17) is 0 Å². The molecule has 0 spiro atoms. The highest BCUT2D eigenvalue weighted by Crippen LogP contribution is 2.18. The Morgan fingerprint density at radius 1 is 1.17 bits per heavy atom. The maximum Gasteiger partial charge on any atom is 0.242 e. The van der Waals surface area contributed by atoms with Crippen molar-refractivity contribution in [2.75, 3.05) is 6.54 Å². The van der Waals surface area contributed by atoms with Crippen LogP contribution in [-0.4, -0.2) is 35.3 Å². The summed E-state index contributed by atoms with van der Waals surface area (Å²) in [6.45, 7) is 4.27. The minimum Gasteiger partial charge on any atom is -0.352 e. The van der Waals surface area contributed by atoms with E-state index in [0.717, 1.165) is 19.3 Å². The lowest BCUT2D eigenvalue weighted by Crippen LogP contribution is -2.51. The summed E-state index contributed by atoms with van der Waals surface area (Å²) >= 11 is 0. The van der Waals surface area contributed by atoms with E-state index in [-0.39, 0.29) is 17.9 Å². The average Bonchev–Trinajstić information content (AvgIpc) is 2.63. The number of carbonyl (C=O) groups is 2. The molecule has 0 heterocycles. The zero-order valence-electron chi connectivity index (χ0n) is 15.0. The fourth-order valence-corrected chi connectivity index (χ4v) is 3.34. The van der Waals surface area contributed by atoms with Crippen molar-refractivity contribution in [2.24, 2.45) is 0 Å². The first-order chi connectivity index (χ1) is 11.6. The Bertz CT molecular complexity index is 524. The van der Waals surface area contributed by atoms with Crippen LogP contribution >= 0.6 is 0 Å². The normalized spacial score (nSPS) is 16.4. The Balaban J connectivity index is 1.94. The third-order valence-electron chi connectivity index (χ3n) is 4.91. The molecule has 1 aliphatic rings. The predicted octanol–water partition coefficient (Wildman–Crippen LogP) is 3.31. The third kappa shape index (κ3) is 5.36. The summed E-state index contributed by atoms with van der Waals surface area (Å²) in [6, 6.07) is 9.96. The zero-order valence-corrected chi connectivity index (χ0v) is 15.0. The smallest absolute Gasteiger partial charge is 0.242 e. The fourth-order valence-electron chi connectivity index (χ4n) is 3.34. The van der Waals surface area contributed by atoms with Crippen molar-refractivity contribution in [3.8, 4) is 0 Å². The standard InChI is InChI=1S/C20H30N2O2/c1-3-19(23)22(15-14-17-10-6-4-7-11-17)16(2)20(24)21-18-12-8-5-9-13-18/h4,6-7,10-11,16,18H,3,5,8-9,12-15H2,1-2H3,(H,21,24)/t16-/m0/s1. The monoisotopic (exact) mass is 330 g/mol. The van der Waals surface area contributed by atoms with Crippen LogP contribution in [0, 0.1) is 0 Å². The number of carbonyl (C=O) groups excluding carboxylic acids is 2. The van der Waals surface area contributed by atoms with Crippen LogP contribution in [0.2, 0.25) is 0 Å². The number of hydrogen-bond donors (Lipinski definition) is 1. The van der Waals surface area contributed by atoms with Gasteiger partial charge in [0.15, 0.2) is 0 Å². The summed E-state index contributed by atoms with van der Waals surface area (Å²) in [6.07, 6.45) is 6.95. The summed E-state index contributed by atoms with van der Waals surface area (Å²) < 4.78 is 0. The van der Waals surface area contributed by atoms with Crippen LogP contribution in [0.15, 0.2) is 30.3 Å². The Labute approximate surface area is 145 Å². The maximum atomic E-state index is 12.6. The van der Waals surface area contributed by atoms with Gasteiger partial charge in [0.2, 0.25) is 11.8 Å². The molecule has 24 heavy (non-hydrogen) atoms. The summed E-state index contributed by atoms with van der Waals surface area (Å²) in [4.78, 5) is 26.6. The van der Waals surface area contributed by atoms with Crippen molar-refractivity contribution in [3.05, 3.63) is 35.9 Å². The van der Waals surface area contributed by atoms with Gasteiger partial charge in [-0.2, -0.15) is 0 Å². The molecule has 1 N–H and O–H groups in total. The van der Waals surface area contributed by atoms with E-state index in [1.54, 1.807) is 4.90 Å². The van der Waals surface area contributed by atoms with Crippen molar-refractivity contribution in [3.63, 3.8) is 0 Å². The molecule has 1 aliphatic carbocycles. The molecule has 1 aromatic rings. The Kier molecular flexibility index (Phi) is 7.29. The Morgan fingerprint density at radius 2 is 1.83 bits per heavy atom. The predicted molar refractivity (Wildman–Crippen MR) is 96.6 cm³/mol. The third-order valence-corrected chi connectivity index (χ3v) is 4.91. The van der Waals surface area contributed by atoms with Gasteiger partial charge in [-0.1, -0.05) is 56.5 Å². The highest BCUT2D eigenvalue weighted by atomic mass is 16.2. The number of amides is 2. The summed E-state index contributed by atoms with van der Waals surface area (Å²) in [5.41, 5.74) is 1.19. The number of rotatable bonds is 7. The highest BCUT2D eigenvalue weighted by Gasteiger charge is 2.26. The van der Waals surface area contributed by atoms with Crippen LogP contribution in [0.4, 0.5) is 0 Å². The second-order valence-electron chi connectivity index (χ2n) is 6.70. The number of nitrogens with one attached hydrogen (secondary N) is 1. The van der Waals surface area contributed by atoms with Crippen molar-refractivity contribution in [1.82, 2.24) is 10.2 Å². The van der Waals surface area contributed by atoms with Crippen molar-refractivity contribution >= 4 is 11.8 Å². The van der Waals surface area contributed by atoms with Gasteiger partial charge in [0.25, 0.3) is 0 Å². The van der Waals surface area contributed by atoms with Gasteiger partial charge in [-0.3, -0.25) is 9.59 Å². The molecule has 4 nitrogen and oxygen atoms in total. The van der Waals surface area contributed by atoms with Crippen LogP contribution < -0.4 is 5.32 Å². The summed E-state index contributed by atoms with van der Waals surface area (Å²) in [5, 5.41) is 3.14. The molecule has 4 heteroatoms. The molecule has 2 amide bonds. The first kappa shape index (κ1) is 18.5. The maximum absolute atomic E-state index is 12.6. The largest absolute Gasteiger partial charge is 0.352 e. The number of nitrogens with zero attached hydrogens (tertiary/aromatic N) is 1. The lowest BCUT2D eigenvalue weighted by molar-refractivity contribution is -0.140. The van der Waals surface area contributed by atoms with E-state index in [2.05, 4.69) is 17.4 Å². The zero-order chi connectivity index (χ0) is 17.4. The molecule has 0 aliphatic heterocycles. The lowest BCUT2D eigenvalue weighted by Gasteiger charge is -2.31. The molecule has 1 fully saturated rings. The second kappa shape index (κ2) is 9.45. The Morgan fingerprint density at radius 3 is 2.46 bits per heavy atom. The molecule has 1 saturated carbocycles.